The molecule has 4 N–H and O–H groups in total. The summed E-state index contributed by atoms with van der Waals surface area (Å²) in [5, 5.41) is 11.9. The quantitative estimate of drug-likeness (QED) is 0.289. The van der Waals surface area contributed by atoms with Crippen LogP contribution in [0.1, 0.15) is 22.6 Å². The topological polar surface area (TPSA) is 91.9 Å². The highest BCUT2D eigenvalue weighted by Crippen LogP contribution is 2.08. The van der Waals surface area contributed by atoms with E-state index in [9.17, 15) is 4.79 Å². The molecule has 0 saturated heterocycles. The molecule has 0 saturated carbocycles. The van der Waals surface area contributed by atoms with Crippen LogP contribution >= 0.6 is 11.3 Å². The van der Waals surface area contributed by atoms with Crippen molar-refractivity contribution in [2.45, 2.75) is 12.8 Å². The zero-order chi connectivity index (χ0) is 11.1. The van der Waals surface area contributed by atoms with Gasteiger partial charge in [0.1, 0.15) is 0 Å². The van der Waals surface area contributed by atoms with Crippen molar-refractivity contribution in [2.24, 2.45) is 5.73 Å². The third-order valence-corrected chi connectivity index (χ3v) is 2.46. The van der Waals surface area contributed by atoms with E-state index < -0.39 is 0 Å². The molecule has 1 aromatic heterocycles. The number of nitrogens with two attached hydrogens (primary N) is 1. The van der Waals surface area contributed by atoms with E-state index in [1.807, 2.05) is 0 Å². The Balaban J connectivity index is 2.10. The number of rotatable bonds is 6. The molecule has 5 nitrogen and oxygen atoms in total. The Bertz CT molecular complexity index is 323. The van der Waals surface area contributed by atoms with E-state index in [0.717, 1.165) is 6.42 Å². The van der Waals surface area contributed by atoms with Gasteiger partial charge >= 0.3 is 0 Å². The largest absolute Gasteiger partial charge is 0.370 e. The van der Waals surface area contributed by atoms with Gasteiger partial charge in [-0.1, -0.05) is 0 Å². The van der Waals surface area contributed by atoms with E-state index in [1.165, 1.54) is 11.3 Å². The number of ketones is 1. The van der Waals surface area contributed by atoms with Gasteiger partial charge in [0.25, 0.3) is 0 Å². The molecule has 0 bridgehead atoms. The summed E-state index contributed by atoms with van der Waals surface area (Å²) >= 11 is 1.34. The number of carbonyl (C=O) groups excluding carboxylic acids is 1. The average molecular weight is 225 g/mol. The molecule has 0 atom stereocenters. The lowest BCUT2D eigenvalue weighted by Gasteiger charge is -2.01. The fourth-order valence-electron chi connectivity index (χ4n) is 0.991. The molecule has 0 aliphatic rings. The number of unbranched alkanes of at least 4 members (excludes halogenated alkanes) is 1. The number of nitrogens with one attached hydrogen (secondary N) is 2. The molecule has 1 rings (SSSR count). The predicted octanol–water partition coefficient (Wildman–Crippen LogP) is 0.793. The third-order valence-electron chi connectivity index (χ3n) is 1.67. The Kier molecular flexibility index (Phi) is 4.76. The first-order valence-electron chi connectivity index (χ1n) is 4.55. The minimum absolute atomic E-state index is 0.0344. The fraction of sp³-hybridized carbons (Fsp3) is 0.333. The molecule has 0 aromatic carbocycles. The average Bonchev–Trinajstić information content (AvgIpc) is 2.69. The summed E-state index contributed by atoms with van der Waals surface area (Å²) in [5.41, 5.74) is 5.10. The van der Waals surface area contributed by atoms with E-state index in [1.54, 1.807) is 18.0 Å². The van der Waals surface area contributed by atoms with Gasteiger partial charge in [-0.05, 0) is 12.8 Å². The van der Waals surface area contributed by atoms with Crippen molar-refractivity contribution < 1.29 is 4.79 Å². The number of hydrogen-bond acceptors (Lipinski definition) is 4. The van der Waals surface area contributed by atoms with Crippen molar-refractivity contribution in [2.75, 3.05) is 6.54 Å². The molecule has 6 heteroatoms. The lowest BCUT2D eigenvalue weighted by molar-refractivity contribution is 0.102. The summed E-state index contributed by atoms with van der Waals surface area (Å²) in [4.78, 5) is 15.3. The van der Waals surface area contributed by atoms with Crippen molar-refractivity contribution in [3.8, 4) is 0 Å². The van der Waals surface area contributed by atoms with Crippen LogP contribution in [0.5, 0.6) is 0 Å². The van der Waals surface area contributed by atoms with E-state index >= 15 is 0 Å². The zero-order valence-electron chi connectivity index (χ0n) is 8.19. The molecule has 81 valence electrons. The first kappa shape index (κ1) is 11.6. The minimum atomic E-state index is -0.0405. The van der Waals surface area contributed by atoms with Crippen LogP contribution in [0.2, 0.25) is 0 Å². The number of guanidine groups is 1. The second-order valence-electron chi connectivity index (χ2n) is 2.89. The molecular formula is C9H13N4OS. The third kappa shape index (κ3) is 4.55. The number of hydrogen-bond donors (Lipinski definition) is 3. The summed E-state index contributed by atoms with van der Waals surface area (Å²) in [6.07, 6.45) is 4.67. The molecular weight excluding hydrogens is 212 g/mol. The summed E-state index contributed by atoms with van der Waals surface area (Å²) in [6, 6.07) is 0. The highest BCUT2D eigenvalue weighted by atomic mass is 32.1. The minimum Gasteiger partial charge on any atom is -0.370 e. The molecule has 0 aliphatic heterocycles. The van der Waals surface area contributed by atoms with Gasteiger partial charge in [-0.3, -0.25) is 10.2 Å². The Labute approximate surface area is 92.2 Å². The van der Waals surface area contributed by atoms with Gasteiger partial charge in [0.05, 0.1) is 0 Å². The van der Waals surface area contributed by atoms with Crippen LogP contribution in [0.15, 0.2) is 11.6 Å². The van der Waals surface area contributed by atoms with Gasteiger partial charge in [-0.25, -0.2) is 4.98 Å². The maximum Gasteiger partial charge on any atom is 0.195 e. The van der Waals surface area contributed by atoms with E-state index in [-0.39, 0.29) is 11.7 Å². The van der Waals surface area contributed by atoms with Crippen LogP contribution in [-0.2, 0) is 0 Å². The van der Waals surface area contributed by atoms with Gasteiger partial charge in [-0.15, -0.1) is 11.3 Å². The zero-order valence-corrected chi connectivity index (χ0v) is 9.01. The molecule has 1 radical (unpaired) electrons. The van der Waals surface area contributed by atoms with Crippen molar-refractivity contribution in [1.82, 2.24) is 10.3 Å². The first-order valence-corrected chi connectivity index (χ1v) is 5.43. The fourth-order valence-corrected chi connectivity index (χ4v) is 1.56. The number of thiazole rings is 1. The van der Waals surface area contributed by atoms with Gasteiger partial charge in [0.2, 0.25) is 0 Å². The molecule has 0 fully saturated rings. The van der Waals surface area contributed by atoms with E-state index in [2.05, 4.69) is 10.3 Å². The molecule has 0 amide bonds. The summed E-state index contributed by atoms with van der Waals surface area (Å²) in [6.45, 7) is 0.608. The first-order chi connectivity index (χ1) is 7.20. The monoisotopic (exact) mass is 225 g/mol. The smallest absolute Gasteiger partial charge is 0.195 e. The number of Topliss-reactive ketones (excluding diaryl/α,β-unsaturated/α-hetero) is 1. The number of aromatic nitrogens is 1. The SMILES string of the molecule is N=C(N)NCCC[CH]C(=O)c1nccs1. The lowest BCUT2D eigenvalue weighted by Crippen LogP contribution is -2.30. The standard InChI is InChI=1S/C9H13N4OS/c10-9(11)13-4-2-1-3-7(14)8-12-5-6-15-8/h3,5-6H,1-2,4H2,(H4,10,11,13). The maximum atomic E-state index is 11.4. The van der Waals surface area contributed by atoms with Gasteiger partial charge in [0.15, 0.2) is 16.8 Å². The molecule has 0 aliphatic carbocycles. The second kappa shape index (κ2) is 6.13. The van der Waals surface area contributed by atoms with Crippen molar-refractivity contribution >= 4 is 23.1 Å². The number of nitrogens with zero attached hydrogens (tertiary/aromatic N) is 1. The van der Waals surface area contributed by atoms with Gasteiger partial charge < -0.3 is 11.1 Å². The van der Waals surface area contributed by atoms with Crippen LogP contribution < -0.4 is 11.1 Å². The second-order valence-corrected chi connectivity index (χ2v) is 3.78. The Morgan fingerprint density at radius 2 is 2.53 bits per heavy atom. The van der Waals surface area contributed by atoms with Crippen LogP contribution in [0, 0.1) is 11.8 Å². The Morgan fingerprint density at radius 1 is 1.73 bits per heavy atom. The molecule has 0 spiro atoms. The molecule has 0 unspecified atom stereocenters. The van der Waals surface area contributed by atoms with E-state index in [4.69, 9.17) is 11.1 Å². The van der Waals surface area contributed by atoms with Crippen LogP contribution in [-0.4, -0.2) is 23.3 Å². The van der Waals surface area contributed by atoms with E-state index in [0.29, 0.717) is 18.0 Å². The summed E-state index contributed by atoms with van der Waals surface area (Å²) in [5.74, 6) is -0.0749. The summed E-state index contributed by atoms with van der Waals surface area (Å²) < 4.78 is 0. The van der Waals surface area contributed by atoms with Crippen molar-refractivity contribution in [3.63, 3.8) is 0 Å². The lowest BCUT2D eigenvalue weighted by atomic mass is 10.2. The van der Waals surface area contributed by atoms with Crippen molar-refractivity contribution in [1.29, 1.82) is 5.41 Å². The summed E-state index contributed by atoms with van der Waals surface area (Å²) in [7, 11) is 0. The molecule has 1 heterocycles. The Hall–Kier alpha value is -1.43. The van der Waals surface area contributed by atoms with Gasteiger partial charge in [0, 0.05) is 24.5 Å². The molecule has 1 aromatic rings. The highest BCUT2D eigenvalue weighted by molar-refractivity contribution is 7.11. The normalized spacial score (nSPS) is 9.87. The Morgan fingerprint density at radius 3 is 3.13 bits per heavy atom. The number of carbonyl (C=O) groups is 1. The highest BCUT2D eigenvalue weighted by Gasteiger charge is 2.07. The van der Waals surface area contributed by atoms with Crippen molar-refractivity contribution in [3.05, 3.63) is 23.0 Å². The van der Waals surface area contributed by atoms with Gasteiger partial charge in [-0.2, -0.15) is 0 Å². The predicted molar refractivity (Wildman–Crippen MR) is 59.9 cm³/mol. The van der Waals surface area contributed by atoms with Crippen LogP contribution in [0.4, 0.5) is 0 Å². The molecule has 15 heavy (non-hydrogen) atoms. The van der Waals surface area contributed by atoms with Crippen LogP contribution in [0.3, 0.4) is 0 Å². The van der Waals surface area contributed by atoms with Crippen LogP contribution in [0.25, 0.3) is 0 Å². The maximum absolute atomic E-state index is 11.4.